The number of ether oxygens (including phenoxy) is 1. The minimum absolute atomic E-state index is 0.0534. The van der Waals surface area contributed by atoms with Gasteiger partial charge in [-0.25, -0.2) is 9.97 Å². The van der Waals surface area contributed by atoms with Gasteiger partial charge in [-0.05, 0) is 25.0 Å². The number of hydrogen-bond donors (Lipinski definition) is 2. The van der Waals surface area contributed by atoms with E-state index in [1.807, 2.05) is 4.90 Å². The van der Waals surface area contributed by atoms with Crippen molar-refractivity contribution >= 4 is 45.9 Å². The molecule has 0 radical (unpaired) electrons. The molecule has 0 bridgehead atoms. The molecule has 3 aromatic heterocycles. The Kier molecular flexibility index (Phi) is 5.57. The fourth-order valence-corrected chi connectivity index (χ4v) is 5.45. The monoisotopic (exact) mass is 502 g/mol. The van der Waals surface area contributed by atoms with Crippen LogP contribution in [0.3, 0.4) is 0 Å². The second-order valence-electron chi connectivity index (χ2n) is 9.43. The van der Waals surface area contributed by atoms with Gasteiger partial charge in [0.25, 0.3) is 5.91 Å². The molecule has 0 spiro atoms. The molecule has 1 unspecified atom stereocenters. The number of nitrogens with two attached hydrogens (primary N) is 2. The standard InChI is InChI=1S/C25H26N8O4/c26-12-16-19-15-11-18(34)33(13-14-3-1-9-36-14)24(15)30-22(28)20(19)21(27)29-23(16)31-5-7-32(8-6-31)25(35)17-4-2-10-37-17/h2,4,10,14H,1,3,5-9,11,13H2,(H2,27,29)(H2,28,30). The van der Waals surface area contributed by atoms with Crippen LogP contribution >= 0.6 is 0 Å². The molecule has 2 amide bonds. The topological polar surface area (TPSA) is 168 Å². The van der Waals surface area contributed by atoms with Gasteiger partial charge in [0.15, 0.2) is 5.76 Å². The van der Waals surface area contributed by atoms with E-state index < -0.39 is 0 Å². The number of pyridine rings is 2. The summed E-state index contributed by atoms with van der Waals surface area (Å²) in [6, 6.07) is 5.60. The fraction of sp³-hybridized carbons (Fsp3) is 0.400. The number of nitriles is 1. The zero-order valence-corrected chi connectivity index (χ0v) is 20.1. The molecule has 12 nitrogen and oxygen atoms in total. The third-order valence-electron chi connectivity index (χ3n) is 7.27. The summed E-state index contributed by atoms with van der Waals surface area (Å²) in [5.41, 5.74) is 13.6. The lowest BCUT2D eigenvalue weighted by Gasteiger charge is -2.35. The van der Waals surface area contributed by atoms with Gasteiger partial charge in [0.1, 0.15) is 34.9 Å². The van der Waals surface area contributed by atoms with Crippen molar-refractivity contribution in [2.75, 3.05) is 60.6 Å². The summed E-state index contributed by atoms with van der Waals surface area (Å²) in [5, 5.41) is 11.2. The highest BCUT2D eigenvalue weighted by Crippen LogP contribution is 2.42. The van der Waals surface area contributed by atoms with Crippen LogP contribution in [0.5, 0.6) is 0 Å². The summed E-state index contributed by atoms with van der Waals surface area (Å²) < 4.78 is 11.0. The molecule has 2 fully saturated rings. The maximum Gasteiger partial charge on any atom is 0.289 e. The number of carbonyl (C=O) groups is 2. The minimum atomic E-state index is -0.183. The highest BCUT2D eigenvalue weighted by atomic mass is 16.5. The van der Waals surface area contributed by atoms with Crippen LogP contribution < -0.4 is 21.3 Å². The zero-order valence-electron chi connectivity index (χ0n) is 20.1. The fourth-order valence-electron chi connectivity index (χ4n) is 5.45. The Labute approximate surface area is 212 Å². The van der Waals surface area contributed by atoms with Gasteiger partial charge in [0, 0.05) is 43.7 Å². The quantitative estimate of drug-likeness (QED) is 0.530. The number of fused-ring (bicyclic) bond motifs is 3. The number of carbonyl (C=O) groups excluding carboxylic acids is 2. The number of piperazine rings is 1. The molecule has 3 aliphatic rings. The third-order valence-corrected chi connectivity index (χ3v) is 7.27. The van der Waals surface area contributed by atoms with E-state index in [4.69, 9.17) is 20.6 Å². The van der Waals surface area contributed by atoms with Gasteiger partial charge < -0.3 is 30.4 Å². The van der Waals surface area contributed by atoms with Gasteiger partial charge in [0.2, 0.25) is 5.91 Å². The molecule has 6 heterocycles. The first kappa shape index (κ1) is 23.1. The minimum Gasteiger partial charge on any atom is -0.459 e. The Hall–Kier alpha value is -4.37. The van der Waals surface area contributed by atoms with E-state index in [1.165, 1.54) is 6.26 Å². The molecule has 3 aliphatic heterocycles. The van der Waals surface area contributed by atoms with Crippen LogP contribution in [-0.4, -0.2) is 72.1 Å². The molecule has 12 heteroatoms. The van der Waals surface area contributed by atoms with Crippen LogP contribution in [0.2, 0.25) is 0 Å². The molecule has 3 aromatic rings. The number of aromatic nitrogens is 2. The van der Waals surface area contributed by atoms with E-state index in [2.05, 4.69) is 16.0 Å². The summed E-state index contributed by atoms with van der Waals surface area (Å²) >= 11 is 0. The summed E-state index contributed by atoms with van der Waals surface area (Å²) in [5.74, 6) is 1.13. The SMILES string of the molecule is N#Cc1c(N2CCN(C(=O)c3ccco3)CC2)nc(N)c2c(N)nc3c(c12)CC(=O)N3CC1CCCO1. The molecule has 1 atom stereocenters. The lowest BCUT2D eigenvalue weighted by Crippen LogP contribution is -2.49. The van der Waals surface area contributed by atoms with E-state index in [1.54, 1.807) is 21.9 Å². The third kappa shape index (κ3) is 3.79. The summed E-state index contributed by atoms with van der Waals surface area (Å²) in [6.07, 6.45) is 3.34. The molecule has 0 saturated carbocycles. The predicted molar refractivity (Wildman–Crippen MR) is 135 cm³/mol. The normalized spacial score (nSPS) is 19.5. The highest BCUT2D eigenvalue weighted by Gasteiger charge is 2.36. The lowest BCUT2D eigenvalue weighted by atomic mass is 10.00. The summed E-state index contributed by atoms with van der Waals surface area (Å²) in [7, 11) is 0. The van der Waals surface area contributed by atoms with E-state index in [-0.39, 0.29) is 41.7 Å². The van der Waals surface area contributed by atoms with Crippen molar-refractivity contribution in [3.8, 4) is 6.07 Å². The molecule has 6 rings (SSSR count). The first-order chi connectivity index (χ1) is 18.0. The van der Waals surface area contributed by atoms with Crippen LogP contribution in [0.15, 0.2) is 22.8 Å². The molecular weight excluding hydrogens is 476 g/mol. The van der Waals surface area contributed by atoms with Crippen LogP contribution in [0, 0.1) is 11.3 Å². The first-order valence-corrected chi connectivity index (χ1v) is 12.3. The van der Waals surface area contributed by atoms with Crippen LogP contribution in [0.25, 0.3) is 10.8 Å². The highest BCUT2D eigenvalue weighted by molar-refractivity contribution is 6.13. The maximum atomic E-state index is 13.0. The van der Waals surface area contributed by atoms with Crippen molar-refractivity contribution in [3.63, 3.8) is 0 Å². The van der Waals surface area contributed by atoms with E-state index in [0.29, 0.717) is 72.9 Å². The zero-order chi connectivity index (χ0) is 25.7. The Bertz CT molecular complexity index is 1430. The van der Waals surface area contributed by atoms with Gasteiger partial charge in [-0.2, -0.15) is 5.26 Å². The first-order valence-electron chi connectivity index (χ1n) is 12.3. The van der Waals surface area contributed by atoms with Crippen molar-refractivity contribution in [1.82, 2.24) is 14.9 Å². The van der Waals surface area contributed by atoms with Gasteiger partial charge in [-0.3, -0.25) is 14.5 Å². The van der Waals surface area contributed by atoms with Gasteiger partial charge in [-0.1, -0.05) is 0 Å². The Morgan fingerprint density at radius 1 is 1.14 bits per heavy atom. The van der Waals surface area contributed by atoms with E-state index >= 15 is 0 Å². The van der Waals surface area contributed by atoms with Crippen molar-refractivity contribution < 1.29 is 18.7 Å². The number of rotatable bonds is 4. The lowest BCUT2D eigenvalue weighted by molar-refractivity contribution is -0.117. The summed E-state index contributed by atoms with van der Waals surface area (Å²) in [6.45, 7) is 2.82. The number of nitrogens with zero attached hydrogens (tertiary/aromatic N) is 6. The predicted octanol–water partition coefficient (Wildman–Crippen LogP) is 1.29. The molecule has 190 valence electrons. The van der Waals surface area contributed by atoms with Gasteiger partial charge in [-0.15, -0.1) is 0 Å². The Morgan fingerprint density at radius 2 is 1.89 bits per heavy atom. The Morgan fingerprint density at radius 3 is 2.54 bits per heavy atom. The summed E-state index contributed by atoms with van der Waals surface area (Å²) in [4.78, 5) is 40.0. The second-order valence-corrected chi connectivity index (χ2v) is 9.43. The number of furan rings is 1. The molecule has 0 aliphatic carbocycles. The van der Waals surface area contributed by atoms with Gasteiger partial charge >= 0.3 is 0 Å². The number of hydrogen-bond acceptors (Lipinski definition) is 10. The maximum absolute atomic E-state index is 13.0. The Balaban J connectivity index is 1.37. The van der Waals surface area contributed by atoms with Crippen molar-refractivity contribution in [2.24, 2.45) is 0 Å². The second kappa shape index (κ2) is 8.94. The van der Waals surface area contributed by atoms with Crippen LogP contribution in [0.1, 0.15) is 34.5 Å². The van der Waals surface area contributed by atoms with Crippen molar-refractivity contribution in [3.05, 3.63) is 35.3 Å². The molecule has 37 heavy (non-hydrogen) atoms. The van der Waals surface area contributed by atoms with Crippen molar-refractivity contribution in [1.29, 1.82) is 5.26 Å². The number of nitrogen functional groups attached to an aromatic ring is 2. The van der Waals surface area contributed by atoms with Gasteiger partial charge in [0.05, 0.1) is 30.7 Å². The largest absolute Gasteiger partial charge is 0.459 e. The van der Waals surface area contributed by atoms with Crippen LogP contribution in [-0.2, 0) is 16.0 Å². The number of amides is 2. The smallest absolute Gasteiger partial charge is 0.289 e. The molecule has 0 aromatic carbocycles. The van der Waals surface area contributed by atoms with Crippen LogP contribution in [0.4, 0.5) is 23.3 Å². The van der Waals surface area contributed by atoms with E-state index in [0.717, 1.165) is 12.8 Å². The molecular formula is C25H26N8O4. The average molecular weight is 503 g/mol. The van der Waals surface area contributed by atoms with E-state index in [9.17, 15) is 14.9 Å². The number of anilines is 4. The average Bonchev–Trinajstić information content (AvgIpc) is 3.67. The van der Waals surface area contributed by atoms with Crippen molar-refractivity contribution in [2.45, 2.75) is 25.4 Å². The molecule has 2 saturated heterocycles. The molecule has 4 N–H and O–H groups in total.